The number of halogens is 1. The van der Waals surface area contributed by atoms with Gasteiger partial charge in [-0.15, -0.1) is 0 Å². The Bertz CT molecular complexity index is 506. The quantitative estimate of drug-likeness (QED) is 0.660. The highest BCUT2D eigenvalue weighted by molar-refractivity contribution is 6.28. The van der Waals surface area contributed by atoms with Crippen molar-refractivity contribution in [1.82, 2.24) is 9.97 Å². The second kappa shape index (κ2) is 6.23. The molecule has 8 heteroatoms. The molecule has 1 aromatic rings. The second-order valence-corrected chi connectivity index (χ2v) is 4.86. The molecule has 0 atom stereocenters. The molecule has 2 N–H and O–H groups in total. The molecule has 0 bridgehead atoms. The molecule has 2 rings (SSSR count). The van der Waals surface area contributed by atoms with E-state index in [2.05, 4.69) is 14.7 Å². The lowest BCUT2D eigenvalue weighted by Crippen LogP contribution is -2.38. The number of hydrogen-bond donors (Lipinski definition) is 1. The Labute approximate surface area is 122 Å². The third kappa shape index (κ3) is 2.94. The van der Waals surface area contributed by atoms with Gasteiger partial charge in [0.2, 0.25) is 5.28 Å². The van der Waals surface area contributed by atoms with E-state index in [4.69, 9.17) is 22.1 Å². The highest BCUT2D eigenvalue weighted by Crippen LogP contribution is 2.28. The van der Waals surface area contributed by atoms with Crippen molar-refractivity contribution in [3.05, 3.63) is 11.0 Å². The minimum absolute atomic E-state index is 0.0126. The summed E-state index contributed by atoms with van der Waals surface area (Å²) in [6, 6.07) is 0.238. The van der Waals surface area contributed by atoms with Gasteiger partial charge in [0.05, 0.1) is 7.11 Å². The first kappa shape index (κ1) is 14.8. The average Bonchev–Trinajstić information content (AvgIpc) is 2.48. The maximum atomic E-state index is 11.6. The van der Waals surface area contributed by atoms with E-state index in [0.29, 0.717) is 19.0 Å². The van der Waals surface area contributed by atoms with Crippen LogP contribution in [0.1, 0.15) is 23.3 Å². The number of esters is 1. The van der Waals surface area contributed by atoms with Gasteiger partial charge in [-0.3, -0.25) is 0 Å². The number of methoxy groups -OCH3 is 1. The van der Waals surface area contributed by atoms with Gasteiger partial charge in [0.1, 0.15) is 5.69 Å². The summed E-state index contributed by atoms with van der Waals surface area (Å²) < 4.78 is 9.97. The summed E-state index contributed by atoms with van der Waals surface area (Å²) in [6.07, 6.45) is 1.73. The fourth-order valence-electron chi connectivity index (χ4n) is 2.20. The van der Waals surface area contributed by atoms with Gasteiger partial charge in [-0.2, -0.15) is 4.98 Å². The molecule has 1 saturated heterocycles. The van der Waals surface area contributed by atoms with Crippen LogP contribution in [-0.4, -0.2) is 49.4 Å². The number of hydrogen-bond acceptors (Lipinski definition) is 7. The van der Waals surface area contributed by atoms with Crippen LogP contribution >= 0.6 is 11.6 Å². The lowest BCUT2D eigenvalue weighted by atomic mass is 10.1. The maximum Gasteiger partial charge on any atom is 0.359 e. The van der Waals surface area contributed by atoms with E-state index in [9.17, 15) is 4.79 Å². The van der Waals surface area contributed by atoms with Crippen molar-refractivity contribution < 1.29 is 14.3 Å². The van der Waals surface area contributed by atoms with Crippen LogP contribution < -0.4 is 10.6 Å². The fourth-order valence-corrected chi connectivity index (χ4v) is 2.36. The van der Waals surface area contributed by atoms with Crippen molar-refractivity contribution in [2.24, 2.45) is 0 Å². The second-order valence-electron chi connectivity index (χ2n) is 4.52. The van der Waals surface area contributed by atoms with E-state index in [0.717, 1.165) is 12.8 Å². The smallest absolute Gasteiger partial charge is 0.359 e. The molecule has 1 fully saturated rings. The Balaban J connectivity index is 2.35. The minimum Gasteiger partial charge on any atom is -0.464 e. The van der Waals surface area contributed by atoms with E-state index >= 15 is 0 Å². The summed E-state index contributed by atoms with van der Waals surface area (Å²) in [5, 5.41) is -0.0338. The molecule has 0 aromatic carbocycles. The van der Waals surface area contributed by atoms with Crippen molar-refractivity contribution in [2.45, 2.75) is 18.9 Å². The van der Waals surface area contributed by atoms with E-state index < -0.39 is 5.97 Å². The van der Waals surface area contributed by atoms with Crippen molar-refractivity contribution >= 4 is 29.1 Å². The SMILES string of the molecule is COC(=O)c1nc(Cl)nc(N(C)C2CCOCC2)c1N. The lowest BCUT2D eigenvalue weighted by Gasteiger charge is -2.32. The Hall–Kier alpha value is -1.60. The van der Waals surface area contributed by atoms with Crippen LogP contribution in [0.2, 0.25) is 5.28 Å². The Kier molecular flexibility index (Phi) is 4.61. The van der Waals surface area contributed by atoms with Crippen LogP contribution in [0.15, 0.2) is 0 Å². The van der Waals surface area contributed by atoms with Crippen molar-refractivity contribution in [1.29, 1.82) is 0 Å². The zero-order valence-electron chi connectivity index (χ0n) is 11.4. The first-order valence-corrected chi connectivity index (χ1v) is 6.64. The molecule has 2 heterocycles. The Morgan fingerprint density at radius 3 is 2.70 bits per heavy atom. The van der Waals surface area contributed by atoms with Crippen LogP contribution in [0.4, 0.5) is 11.5 Å². The number of carbonyl (C=O) groups is 1. The molecular weight excluding hydrogens is 284 g/mol. The van der Waals surface area contributed by atoms with Crippen LogP contribution in [0.25, 0.3) is 0 Å². The normalized spacial score (nSPS) is 15.9. The van der Waals surface area contributed by atoms with Gasteiger partial charge in [-0.05, 0) is 24.4 Å². The Morgan fingerprint density at radius 1 is 1.45 bits per heavy atom. The number of aromatic nitrogens is 2. The monoisotopic (exact) mass is 300 g/mol. The van der Waals surface area contributed by atoms with Crippen molar-refractivity contribution in [3.63, 3.8) is 0 Å². The first-order valence-electron chi connectivity index (χ1n) is 6.26. The summed E-state index contributed by atoms with van der Waals surface area (Å²) in [5.74, 6) is -0.189. The molecule has 0 radical (unpaired) electrons. The van der Waals surface area contributed by atoms with E-state index in [1.54, 1.807) is 0 Å². The van der Waals surface area contributed by atoms with E-state index in [1.807, 2.05) is 11.9 Å². The average molecular weight is 301 g/mol. The van der Waals surface area contributed by atoms with Crippen molar-refractivity contribution in [2.75, 3.05) is 38.0 Å². The highest BCUT2D eigenvalue weighted by Gasteiger charge is 2.25. The van der Waals surface area contributed by atoms with Gasteiger partial charge in [0.25, 0.3) is 0 Å². The van der Waals surface area contributed by atoms with Crippen molar-refractivity contribution in [3.8, 4) is 0 Å². The number of nitrogens with zero attached hydrogens (tertiary/aromatic N) is 3. The molecule has 20 heavy (non-hydrogen) atoms. The third-order valence-corrected chi connectivity index (χ3v) is 3.52. The summed E-state index contributed by atoms with van der Waals surface area (Å²) >= 11 is 5.87. The predicted molar refractivity (Wildman–Crippen MR) is 75.0 cm³/mol. The largest absolute Gasteiger partial charge is 0.464 e. The number of ether oxygens (including phenoxy) is 2. The van der Waals surface area contributed by atoms with Gasteiger partial charge in [0.15, 0.2) is 11.5 Å². The summed E-state index contributed by atoms with van der Waals surface area (Å²) in [6.45, 7) is 1.38. The molecule has 1 aliphatic heterocycles. The zero-order chi connectivity index (χ0) is 14.7. The molecule has 0 spiro atoms. The van der Waals surface area contributed by atoms with Crippen LogP contribution in [-0.2, 0) is 9.47 Å². The maximum absolute atomic E-state index is 11.6. The molecule has 0 unspecified atom stereocenters. The molecule has 1 aliphatic rings. The van der Waals surface area contributed by atoms with Gasteiger partial charge in [-0.1, -0.05) is 0 Å². The topological polar surface area (TPSA) is 90.6 Å². The minimum atomic E-state index is -0.631. The first-order chi connectivity index (χ1) is 9.54. The third-order valence-electron chi connectivity index (χ3n) is 3.35. The standard InChI is InChI=1S/C12H17ClN4O3/c1-17(7-3-5-20-6-4-7)10-8(14)9(11(18)19-2)15-12(13)16-10/h7H,3-6,14H2,1-2H3. The highest BCUT2D eigenvalue weighted by atomic mass is 35.5. The molecule has 110 valence electrons. The summed E-state index contributed by atoms with van der Waals surface area (Å²) in [5.41, 5.74) is 6.14. The van der Waals surface area contributed by atoms with Gasteiger partial charge < -0.3 is 20.1 Å². The number of carbonyl (C=O) groups excluding carboxylic acids is 1. The van der Waals surface area contributed by atoms with Gasteiger partial charge >= 0.3 is 5.97 Å². The Morgan fingerprint density at radius 2 is 2.10 bits per heavy atom. The van der Waals surface area contributed by atoms with Crippen LogP contribution in [0.3, 0.4) is 0 Å². The van der Waals surface area contributed by atoms with E-state index in [-0.39, 0.29) is 22.7 Å². The van der Waals surface area contributed by atoms with Crippen LogP contribution in [0, 0.1) is 0 Å². The van der Waals surface area contributed by atoms with Crippen LogP contribution in [0.5, 0.6) is 0 Å². The molecule has 0 amide bonds. The summed E-state index contributed by atoms with van der Waals surface area (Å²) in [7, 11) is 3.13. The molecule has 7 nitrogen and oxygen atoms in total. The van der Waals surface area contributed by atoms with E-state index in [1.165, 1.54) is 7.11 Å². The molecule has 0 saturated carbocycles. The number of nitrogens with two attached hydrogens (primary N) is 1. The molecular formula is C12H17ClN4O3. The van der Waals surface area contributed by atoms with Gasteiger partial charge in [0, 0.05) is 26.3 Å². The fraction of sp³-hybridized carbons (Fsp3) is 0.583. The lowest BCUT2D eigenvalue weighted by molar-refractivity contribution is 0.0595. The molecule has 0 aliphatic carbocycles. The predicted octanol–water partition coefficient (Wildman–Crippen LogP) is 1.11. The molecule has 1 aromatic heterocycles. The zero-order valence-corrected chi connectivity index (χ0v) is 12.2. The number of rotatable bonds is 3. The van der Waals surface area contributed by atoms with Gasteiger partial charge in [-0.25, -0.2) is 9.78 Å². The number of nitrogen functional groups attached to an aromatic ring is 1. The number of anilines is 2. The summed E-state index contributed by atoms with van der Waals surface area (Å²) in [4.78, 5) is 21.5.